The molecule has 1 saturated heterocycles. The Hall–Kier alpha value is -1.19. The van der Waals surface area contributed by atoms with Crippen molar-refractivity contribution in [1.29, 1.82) is 0 Å². The zero-order chi connectivity index (χ0) is 12.3. The van der Waals surface area contributed by atoms with Crippen LogP contribution >= 0.6 is 0 Å². The molecule has 0 radical (unpaired) electrons. The SMILES string of the molecule is CC(O)(c1cccc(C=O)c1)C1CCNCC1. The third-order valence-corrected chi connectivity index (χ3v) is 3.74. The van der Waals surface area contributed by atoms with Gasteiger partial charge in [-0.1, -0.05) is 18.2 Å². The maximum absolute atomic E-state index is 10.8. The molecule has 0 amide bonds. The van der Waals surface area contributed by atoms with Crippen LogP contribution in [0.25, 0.3) is 0 Å². The average molecular weight is 233 g/mol. The summed E-state index contributed by atoms with van der Waals surface area (Å²) >= 11 is 0. The van der Waals surface area contributed by atoms with Crippen molar-refractivity contribution >= 4 is 6.29 Å². The highest BCUT2D eigenvalue weighted by atomic mass is 16.3. The first-order chi connectivity index (χ1) is 8.14. The Morgan fingerprint density at radius 1 is 1.41 bits per heavy atom. The minimum atomic E-state index is -0.846. The predicted molar refractivity (Wildman–Crippen MR) is 67.0 cm³/mol. The van der Waals surface area contributed by atoms with Crippen LogP contribution in [-0.4, -0.2) is 24.5 Å². The zero-order valence-corrected chi connectivity index (χ0v) is 10.1. The van der Waals surface area contributed by atoms with Crippen molar-refractivity contribution in [3.8, 4) is 0 Å². The van der Waals surface area contributed by atoms with E-state index >= 15 is 0 Å². The van der Waals surface area contributed by atoms with Crippen molar-refractivity contribution in [1.82, 2.24) is 5.32 Å². The third-order valence-electron chi connectivity index (χ3n) is 3.74. The number of hydrogen-bond acceptors (Lipinski definition) is 3. The number of piperidine rings is 1. The normalized spacial score (nSPS) is 20.8. The van der Waals surface area contributed by atoms with Gasteiger partial charge in [-0.15, -0.1) is 0 Å². The molecular formula is C14H19NO2. The second kappa shape index (κ2) is 4.98. The van der Waals surface area contributed by atoms with Gasteiger partial charge in [-0.3, -0.25) is 4.79 Å². The summed E-state index contributed by atoms with van der Waals surface area (Å²) in [6, 6.07) is 7.27. The highest BCUT2D eigenvalue weighted by molar-refractivity contribution is 5.75. The van der Waals surface area contributed by atoms with E-state index in [1.807, 2.05) is 19.1 Å². The molecule has 2 N–H and O–H groups in total. The Balaban J connectivity index is 2.25. The molecule has 17 heavy (non-hydrogen) atoms. The fourth-order valence-corrected chi connectivity index (χ4v) is 2.55. The molecule has 1 heterocycles. The van der Waals surface area contributed by atoms with Crippen LogP contribution in [0.4, 0.5) is 0 Å². The number of hydrogen-bond donors (Lipinski definition) is 2. The Morgan fingerprint density at radius 3 is 2.76 bits per heavy atom. The van der Waals surface area contributed by atoms with E-state index in [1.165, 1.54) is 0 Å². The largest absolute Gasteiger partial charge is 0.385 e. The van der Waals surface area contributed by atoms with Gasteiger partial charge in [-0.25, -0.2) is 0 Å². The Labute approximate surface area is 102 Å². The van der Waals surface area contributed by atoms with Crippen molar-refractivity contribution in [2.24, 2.45) is 5.92 Å². The second-order valence-corrected chi connectivity index (χ2v) is 4.92. The summed E-state index contributed by atoms with van der Waals surface area (Å²) < 4.78 is 0. The van der Waals surface area contributed by atoms with Crippen molar-refractivity contribution in [3.63, 3.8) is 0 Å². The van der Waals surface area contributed by atoms with Crippen LogP contribution < -0.4 is 5.32 Å². The van der Waals surface area contributed by atoms with Gasteiger partial charge in [0.05, 0.1) is 5.60 Å². The fraction of sp³-hybridized carbons (Fsp3) is 0.500. The van der Waals surface area contributed by atoms with Gasteiger partial charge in [-0.05, 0) is 50.4 Å². The number of rotatable bonds is 3. The molecular weight excluding hydrogens is 214 g/mol. The Morgan fingerprint density at radius 2 is 2.12 bits per heavy atom. The number of aldehydes is 1. The van der Waals surface area contributed by atoms with Gasteiger partial charge in [0.1, 0.15) is 6.29 Å². The van der Waals surface area contributed by atoms with Crippen molar-refractivity contribution < 1.29 is 9.90 Å². The molecule has 3 nitrogen and oxygen atoms in total. The summed E-state index contributed by atoms with van der Waals surface area (Å²) in [5.41, 5.74) is 0.618. The number of aliphatic hydroxyl groups is 1. The first kappa shape index (κ1) is 12.3. The van der Waals surface area contributed by atoms with E-state index in [0.29, 0.717) is 5.56 Å². The molecule has 0 saturated carbocycles. The molecule has 1 fully saturated rings. The maximum Gasteiger partial charge on any atom is 0.150 e. The van der Waals surface area contributed by atoms with Gasteiger partial charge in [0, 0.05) is 5.56 Å². The van der Waals surface area contributed by atoms with E-state index in [9.17, 15) is 9.90 Å². The number of benzene rings is 1. The maximum atomic E-state index is 10.8. The van der Waals surface area contributed by atoms with Crippen LogP contribution in [0.1, 0.15) is 35.7 Å². The summed E-state index contributed by atoms with van der Waals surface area (Å²) in [6.45, 7) is 3.76. The molecule has 0 bridgehead atoms. The standard InChI is InChI=1S/C14H19NO2/c1-14(17,12-5-7-15-8-6-12)13-4-2-3-11(9-13)10-16/h2-4,9-10,12,15,17H,5-8H2,1H3. The molecule has 3 heteroatoms. The molecule has 2 rings (SSSR count). The van der Waals surface area contributed by atoms with Gasteiger partial charge in [0.2, 0.25) is 0 Å². The molecule has 1 unspecified atom stereocenters. The van der Waals surface area contributed by atoms with E-state index in [1.54, 1.807) is 12.1 Å². The Kier molecular flexibility index (Phi) is 3.60. The zero-order valence-electron chi connectivity index (χ0n) is 10.1. The summed E-state index contributed by atoms with van der Waals surface area (Å²) in [5.74, 6) is 0.255. The first-order valence-corrected chi connectivity index (χ1v) is 6.13. The van der Waals surface area contributed by atoms with E-state index in [0.717, 1.165) is 37.8 Å². The van der Waals surface area contributed by atoms with Gasteiger partial charge in [0.25, 0.3) is 0 Å². The highest BCUT2D eigenvalue weighted by Crippen LogP contribution is 2.34. The lowest BCUT2D eigenvalue weighted by atomic mass is 9.77. The van der Waals surface area contributed by atoms with Crippen LogP contribution in [0.3, 0.4) is 0 Å². The van der Waals surface area contributed by atoms with Crippen LogP contribution in [0, 0.1) is 5.92 Å². The fourth-order valence-electron chi connectivity index (χ4n) is 2.55. The topological polar surface area (TPSA) is 49.3 Å². The van der Waals surface area contributed by atoms with Gasteiger partial charge >= 0.3 is 0 Å². The van der Waals surface area contributed by atoms with E-state index in [-0.39, 0.29) is 5.92 Å². The van der Waals surface area contributed by atoms with E-state index in [2.05, 4.69) is 5.32 Å². The lowest BCUT2D eigenvalue weighted by Crippen LogP contribution is -2.39. The van der Waals surface area contributed by atoms with Gasteiger partial charge in [-0.2, -0.15) is 0 Å². The smallest absolute Gasteiger partial charge is 0.150 e. The molecule has 1 aromatic rings. The molecule has 1 aliphatic rings. The third kappa shape index (κ3) is 2.56. The second-order valence-electron chi connectivity index (χ2n) is 4.92. The quantitative estimate of drug-likeness (QED) is 0.781. The molecule has 1 aliphatic heterocycles. The molecule has 92 valence electrons. The monoisotopic (exact) mass is 233 g/mol. The van der Waals surface area contributed by atoms with Crippen LogP contribution in [0.5, 0.6) is 0 Å². The number of carbonyl (C=O) groups excluding carboxylic acids is 1. The summed E-state index contributed by atoms with van der Waals surface area (Å²) in [7, 11) is 0. The molecule has 1 aromatic carbocycles. The van der Waals surface area contributed by atoms with Crippen molar-refractivity contribution in [2.45, 2.75) is 25.4 Å². The van der Waals surface area contributed by atoms with E-state index < -0.39 is 5.60 Å². The Bertz CT molecular complexity index is 395. The minimum absolute atomic E-state index is 0.255. The van der Waals surface area contributed by atoms with Crippen LogP contribution in [0.2, 0.25) is 0 Å². The summed E-state index contributed by atoms with van der Waals surface area (Å²) in [5, 5.41) is 14.0. The average Bonchev–Trinajstić information content (AvgIpc) is 2.40. The molecule has 1 atom stereocenters. The minimum Gasteiger partial charge on any atom is -0.385 e. The lowest BCUT2D eigenvalue weighted by molar-refractivity contribution is -0.0186. The summed E-state index contributed by atoms with van der Waals surface area (Å²) in [4.78, 5) is 10.8. The number of carbonyl (C=O) groups is 1. The first-order valence-electron chi connectivity index (χ1n) is 6.13. The highest BCUT2D eigenvalue weighted by Gasteiger charge is 2.34. The van der Waals surface area contributed by atoms with Gasteiger partial charge < -0.3 is 10.4 Å². The van der Waals surface area contributed by atoms with Crippen molar-refractivity contribution in [2.75, 3.05) is 13.1 Å². The lowest BCUT2D eigenvalue weighted by Gasteiger charge is -2.36. The van der Waals surface area contributed by atoms with Crippen LogP contribution in [0.15, 0.2) is 24.3 Å². The molecule has 0 aliphatic carbocycles. The number of nitrogens with one attached hydrogen (secondary N) is 1. The van der Waals surface area contributed by atoms with Crippen LogP contribution in [-0.2, 0) is 5.60 Å². The van der Waals surface area contributed by atoms with Crippen molar-refractivity contribution in [3.05, 3.63) is 35.4 Å². The van der Waals surface area contributed by atoms with E-state index in [4.69, 9.17) is 0 Å². The van der Waals surface area contributed by atoms with Gasteiger partial charge in [0.15, 0.2) is 0 Å². The molecule has 0 aromatic heterocycles. The predicted octanol–water partition coefficient (Wildman–Crippen LogP) is 1.71. The summed E-state index contributed by atoms with van der Waals surface area (Å²) in [6.07, 6.45) is 2.76. The molecule has 0 spiro atoms.